The number of nitrogens with zero attached hydrogens (tertiary/aromatic N) is 2. The Morgan fingerprint density at radius 2 is 2.00 bits per heavy atom. The Balaban J connectivity index is 2.21. The summed E-state index contributed by atoms with van der Waals surface area (Å²) in [6.07, 6.45) is 6.19. The van der Waals surface area contributed by atoms with E-state index in [1.165, 1.54) is 27.9 Å². The smallest absolute Gasteiger partial charge is 0.0507 e. The molecule has 92 valence electrons. The van der Waals surface area contributed by atoms with E-state index in [4.69, 9.17) is 0 Å². The van der Waals surface area contributed by atoms with E-state index in [1.807, 2.05) is 12.4 Å². The van der Waals surface area contributed by atoms with Gasteiger partial charge in [0.05, 0.1) is 5.69 Å². The van der Waals surface area contributed by atoms with Crippen LogP contribution in [-0.4, -0.2) is 18.6 Å². The van der Waals surface area contributed by atoms with Crippen LogP contribution < -0.4 is 4.90 Å². The van der Waals surface area contributed by atoms with E-state index in [1.54, 1.807) is 0 Å². The fraction of sp³-hybridized carbons (Fsp3) is 0.312. The number of aryl methyl sites for hydroxylation is 1. The standard InChI is InChI=1S/C16H18N2/c1-3-12-6-4-5-7-14(12)15-11-17-10-13-8-9-18(2)16(13)15/h4-7,10-11H,3,8-9H2,1-2H3. The van der Waals surface area contributed by atoms with Gasteiger partial charge < -0.3 is 4.90 Å². The molecular weight excluding hydrogens is 220 g/mol. The zero-order chi connectivity index (χ0) is 12.5. The monoisotopic (exact) mass is 238 g/mol. The minimum absolute atomic E-state index is 1.06. The van der Waals surface area contributed by atoms with Crippen molar-refractivity contribution in [1.82, 2.24) is 4.98 Å². The molecule has 0 fully saturated rings. The van der Waals surface area contributed by atoms with Gasteiger partial charge in [-0.1, -0.05) is 31.2 Å². The van der Waals surface area contributed by atoms with E-state index >= 15 is 0 Å². The largest absolute Gasteiger partial charge is 0.373 e. The summed E-state index contributed by atoms with van der Waals surface area (Å²) in [6, 6.07) is 8.65. The highest BCUT2D eigenvalue weighted by Gasteiger charge is 2.21. The lowest BCUT2D eigenvalue weighted by Gasteiger charge is -2.18. The summed E-state index contributed by atoms with van der Waals surface area (Å²) in [5, 5.41) is 0. The van der Waals surface area contributed by atoms with Crippen molar-refractivity contribution in [3.05, 3.63) is 47.8 Å². The molecule has 0 N–H and O–H groups in total. The van der Waals surface area contributed by atoms with Crippen molar-refractivity contribution in [2.24, 2.45) is 0 Å². The molecule has 0 atom stereocenters. The van der Waals surface area contributed by atoms with Crippen LogP contribution in [0.5, 0.6) is 0 Å². The number of aromatic nitrogens is 1. The van der Waals surface area contributed by atoms with Crippen LogP contribution >= 0.6 is 0 Å². The first-order valence-corrected chi connectivity index (χ1v) is 6.57. The van der Waals surface area contributed by atoms with Crippen LogP contribution in [0.15, 0.2) is 36.7 Å². The highest BCUT2D eigenvalue weighted by atomic mass is 15.1. The van der Waals surface area contributed by atoms with Crippen LogP contribution in [0.1, 0.15) is 18.1 Å². The quantitative estimate of drug-likeness (QED) is 0.798. The molecule has 0 spiro atoms. The number of pyridine rings is 1. The first-order chi connectivity index (χ1) is 8.81. The highest BCUT2D eigenvalue weighted by molar-refractivity contribution is 5.83. The summed E-state index contributed by atoms with van der Waals surface area (Å²) in [6.45, 7) is 3.31. The second-order valence-electron chi connectivity index (χ2n) is 4.88. The summed E-state index contributed by atoms with van der Waals surface area (Å²) in [5.74, 6) is 0. The van der Waals surface area contributed by atoms with Gasteiger partial charge in [0.25, 0.3) is 0 Å². The van der Waals surface area contributed by atoms with Crippen LogP contribution in [-0.2, 0) is 12.8 Å². The number of anilines is 1. The van der Waals surface area contributed by atoms with Crippen molar-refractivity contribution < 1.29 is 0 Å². The Morgan fingerprint density at radius 3 is 2.83 bits per heavy atom. The van der Waals surface area contributed by atoms with Crippen molar-refractivity contribution >= 4 is 5.69 Å². The zero-order valence-corrected chi connectivity index (χ0v) is 11.0. The third-order valence-electron chi connectivity index (χ3n) is 3.78. The van der Waals surface area contributed by atoms with E-state index in [0.717, 1.165) is 19.4 Å². The van der Waals surface area contributed by atoms with Crippen molar-refractivity contribution in [2.45, 2.75) is 19.8 Å². The lowest BCUT2D eigenvalue weighted by atomic mass is 9.97. The molecule has 2 aromatic rings. The van der Waals surface area contributed by atoms with Gasteiger partial charge in [0.2, 0.25) is 0 Å². The number of rotatable bonds is 2. The van der Waals surface area contributed by atoms with Gasteiger partial charge in [-0.3, -0.25) is 4.98 Å². The number of likely N-dealkylation sites (N-methyl/N-ethyl adjacent to an activating group) is 1. The van der Waals surface area contributed by atoms with Gasteiger partial charge in [0, 0.05) is 31.5 Å². The van der Waals surface area contributed by atoms with E-state index in [-0.39, 0.29) is 0 Å². The van der Waals surface area contributed by atoms with Crippen molar-refractivity contribution in [1.29, 1.82) is 0 Å². The predicted molar refractivity (Wildman–Crippen MR) is 76.0 cm³/mol. The lowest BCUT2D eigenvalue weighted by molar-refractivity contribution is 0.955. The normalized spacial score (nSPS) is 13.8. The molecule has 0 amide bonds. The second kappa shape index (κ2) is 4.45. The summed E-state index contributed by atoms with van der Waals surface area (Å²) in [7, 11) is 2.17. The molecule has 0 saturated heterocycles. The van der Waals surface area contributed by atoms with Gasteiger partial charge in [-0.2, -0.15) is 0 Å². The molecule has 0 aliphatic carbocycles. The Kier molecular flexibility index (Phi) is 2.78. The first kappa shape index (κ1) is 11.3. The van der Waals surface area contributed by atoms with E-state index in [0.29, 0.717) is 0 Å². The summed E-state index contributed by atoms with van der Waals surface area (Å²) in [4.78, 5) is 6.76. The van der Waals surface area contributed by atoms with E-state index in [9.17, 15) is 0 Å². The summed E-state index contributed by atoms with van der Waals surface area (Å²) in [5.41, 5.74) is 6.75. The molecule has 1 aliphatic rings. The Morgan fingerprint density at radius 1 is 1.17 bits per heavy atom. The van der Waals surface area contributed by atoms with Crippen molar-refractivity contribution in [3.8, 4) is 11.1 Å². The molecule has 18 heavy (non-hydrogen) atoms. The SMILES string of the molecule is CCc1ccccc1-c1cncc2c1N(C)CC2. The maximum absolute atomic E-state index is 4.42. The number of hydrogen-bond acceptors (Lipinski definition) is 2. The molecule has 2 heterocycles. The molecule has 1 aliphatic heterocycles. The van der Waals surface area contributed by atoms with Gasteiger partial charge >= 0.3 is 0 Å². The second-order valence-corrected chi connectivity index (χ2v) is 4.88. The maximum Gasteiger partial charge on any atom is 0.0507 e. The van der Waals surface area contributed by atoms with Crippen LogP contribution in [0.2, 0.25) is 0 Å². The topological polar surface area (TPSA) is 16.1 Å². The highest BCUT2D eigenvalue weighted by Crippen LogP contribution is 2.37. The van der Waals surface area contributed by atoms with Gasteiger partial charge in [-0.15, -0.1) is 0 Å². The average Bonchev–Trinajstić information content (AvgIpc) is 2.81. The molecule has 0 radical (unpaired) electrons. The van der Waals surface area contributed by atoms with E-state index in [2.05, 4.69) is 48.1 Å². The van der Waals surface area contributed by atoms with E-state index < -0.39 is 0 Å². The minimum atomic E-state index is 1.06. The zero-order valence-electron chi connectivity index (χ0n) is 11.0. The van der Waals surface area contributed by atoms with Crippen molar-refractivity contribution in [2.75, 3.05) is 18.5 Å². The Hall–Kier alpha value is -1.83. The predicted octanol–water partition coefficient (Wildman–Crippen LogP) is 3.30. The molecule has 2 nitrogen and oxygen atoms in total. The molecule has 1 aromatic heterocycles. The number of fused-ring (bicyclic) bond motifs is 1. The fourth-order valence-corrected chi connectivity index (χ4v) is 2.82. The van der Waals surface area contributed by atoms with Gasteiger partial charge in [-0.25, -0.2) is 0 Å². The molecule has 1 aromatic carbocycles. The fourth-order valence-electron chi connectivity index (χ4n) is 2.82. The number of benzene rings is 1. The van der Waals surface area contributed by atoms with Crippen LogP contribution in [0.25, 0.3) is 11.1 Å². The molecule has 0 saturated carbocycles. The van der Waals surface area contributed by atoms with Crippen LogP contribution in [0, 0.1) is 0 Å². The summed E-state index contributed by atoms with van der Waals surface area (Å²) >= 11 is 0. The first-order valence-electron chi connectivity index (χ1n) is 6.57. The van der Waals surface area contributed by atoms with Gasteiger partial charge in [-0.05, 0) is 29.5 Å². The molecule has 2 heteroatoms. The van der Waals surface area contributed by atoms with Gasteiger partial charge in [0.15, 0.2) is 0 Å². The Labute approximate surface area is 108 Å². The lowest BCUT2D eigenvalue weighted by Crippen LogP contribution is -2.13. The third kappa shape index (κ3) is 1.69. The number of hydrogen-bond donors (Lipinski definition) is 0. The van der Waals surface area contributed by atoms with Crippen molar-refractivity contribution in [3.63, 3.8) is 0 Å². The minimum Gasteiger partial charge on any atom is -0.373 e. The average molecular weight is 238 g/mol. The maximum atomic E-state index is 4.42. The molecular formula is C16H18N2. The molecule has 3 rings (SSSR count). The van der Waals surface area contributed by atoms with Crippen LogP contribution in [0.3, 0.4) is 0 Å². The van der Waals surface area contributed by atoms with Crippen LogP contribution in [0.4, 0.5) is 5.69 Å². The third-order valence-corrected chi connectivity index (χ3v) is 3.78. The molecule has 0 bridgehead atoms. The molecule has 0 unspecified atom stereocenters. The summed E-state index contributed by atoms with van der Waals surface area (Å²) < 4.78 is 0. The van der Waals surface area contributed by atoms with Gasteiger partial charge in [0.1, 0.15) is 0 Å². The Bertz CT molecular complexity index is 575.